The average molecular weight is 373 g/mol. The quantitative estimate of drug-likeness (QED) is 0.832. The van der Waals surface area contributed by atoms with E-state index in [1.54, 1.807) is 13.1 Å². The molecule has 26 heavy (non-hydrogen) atoms. The summed E-state index contributed by atoms with van der Waals surface area (Å²) in [5.41, 5.74) is 6.57. The largest absolute Gasteiger partial charge is 0.356 e. The molecule has 6 nitrogen and oxygen atoms in total. The highest BCUT2D eigenvalue weighted by atomic mass is 32.1. The van der Waals surface area contributed by atoms with Gasteiger partial charge in [0, 0.05) is 32.2 Å². The molecule has 0 saturated carbocycles. The van der Waals surface area contributed by atoms with Crippen LogP contribution in [0.15, 0.2) is 29.1 Å². The molecule has 1 aromatic heterocycles. The minimum Gasteiger partial charge on any atom is -0.356 e. The number of nitrogens with zero attached hydrogens (tertiary/aromatic N) is 4. The first-order valence-corrected chi connectivity index (χ1v) is 8.81. The summed E-state index contributed by atoms with van der Waals surface area (Å²) < 4.78 is 17.0. The predicted octanol–water partition coefficient (Wildman–Crippen LogP) is 1.90. The molecule has 1 aliphatic rings. The maximum Gasteiger partial charge on any atom is 0.330 e. The highest BCUT2D eigenvalue weighted by Crippen LogP contribution is 2.21. The van der Waals surface area contributed by atoms with Crippen molar-refractivity contribution in [3.8, 4) is 6.07 Å². The molecule has 2 aromatic rings. The van der Waals surface area contributed by atoms with Gasteiger partial charge < -0.3 is 10.6 Å². The Morgan fingerprint density at radius 3 is 2.88 bits per heavy atom. The number of benzene rings is 1. The Morgan fingerprint density at radius 1 is 1.42 bits per heavy atom. The van der Waals surface area contributed by atoms with E-state index >= 15 is 0 Å². The summed E-state index contributed by atoms with van der Waals surface area (Å²) in [5.74, 6) is 0.208. The lowest BCUT2D eigenvalue weighted by atomic mass is 10.1. The number of hydrogen-bond donors (Lipinski definition) is 1. The van der Waals surface area contributed by atoms with Gasteiger partial charge in [0.1, 0.15) is 16.3 Å². The van der Waals surface area contributed by atoms with Crippen LogP contribution in [0.2, 0.25) is 0 Å². The summed E-state index contributed by atoms with van der Waals surface area (Å²) in [4.78, 5) is 14.9. The van der Waals surface area contributed by atoms with Crippen LogP contribution in [-0.4, -0.2) is 28.3 Å². The van der Waals surface area contributed by atoms with E-state index in [0.29, 0.717) is 28.1 Å². The van der Waals surface area contributed by atoms with Gasteiger partial charge in [-0.15, -0.1) is 0 Å². The highest BCUT2D eigenvalue weighted by molar-refractivity contribution is 7.71. The third-order valence-corrected chi connectivity index (χ3v) is 5.07. The van der Waals surface area contributed by atoms with Crippen molar-refractivity contribution in [1.29, 1.82) is 5.26 Å². The van der Waals surface area contributed by atoms with Crippen molar-refractivity contribution in [3.63, 3.8) is 0 Å². The van der Waals surface area contributed by atoms with Gasteiger partial charge >= 0.3 is 5.69 Å². The molecule has 0 bridgehead atoms. The topological polar surface area (TPSA) is 80.0 Å². The van der Waals surface area contributed by atoms with Crippen molar-refractivity contribution in [2.24, 2.45) is 12.8 Å². The normalized spacial score (nSPS) is 17.2. The monoisotopic (exact) mass is 373 g/mol. The Bertz CT molecular complexity index is 991. The summed E-state index contributed by atoms with van der Waals surface area (Å²) in [6.45, 7) is 1.48. The third kappa shape index (κ3) is 3.54. The van der Waals surface area contributed by atoms with Crippen LogP contribution >= 0.6 is 12.2 Å². The van der Waals surface area contributed by atoms with Gasteiger partial charge in [-0.3, -0.25) is 9.13 Å². The standard InChI is InChI=1S/C18H20FN5OS/c1-22-17(26)8-16(23-6-2-3-15(21)11-23)24(18(22)25)10-13-7-14(19)5-4-12(13)9-20/h4-5,7-8,15H,2-3,6,10-11,21H2,1H3/t15-/m1/s1. The Kier molecular flexibility index (Phi) is 5.20. The van der Waals surface area contributed by atoms with E-state index in [4.69, 9.17) is 18.0 Å². The zero-order chi connectivity index (χ0) is 18.8. The van der Waals surface area contributed by atoms with Crippen LogP contribution in [0.3, 0.4) is 0 Å². The number of rotatable bonds is 3. The molecule has 0 unspecified atom stereocenters. The van der Waals surface area contributed by atoms with Crippen LogP contribution in [0.1, 0.15) is 24.0 Å². The molecule has 1 atom stereocenters. The lowest BCUT2D eigenvalue weighted by molar-refractivity contribution is 0.492. The van der Waals surface area contributed by atoms with E-state index in [0.717, 1.165) is 19.4 Å². The number of hydrogen-bond acceptors (Lipinski definition) is 5. The predicted molar refractivity (Wildman–Crippen MR) is 100 cm³/mol. The van der Waals surface area contributed by atoms with E-state index in [9.17, 15) is 14.4 Å². The molecule has 0 aliphatic carbocycles. The number of aromatic nitrogens is 2. The first-order chi connectivity index (χ1) is 12.4. The van der Waals surface area contributed by atoms with Crippen LogP contribution in [0.25, 0.3) is 0 Å². The van der Waals surface area contributed by atoms with E-state index < -0.39 is 5.82 Å². The summed E-state index contributed by atoms with van der Waals surface area (Å²) >= 11 is 5.30. The fourth-order valence-corrected chi connectivity index (χ4v) is 3.44. The molecular formula is C18H20FN5OS. The molecule has 2 heterocycles. The van der Waals surface area contributed by atoms with Crippen LogP contribution in [0, 0.1) is 21.8 Å². The van der Waals surface area contributed by atoms with Crippen LogP contribution < -0.4 is 16.3 Å². The summed E-state index contributed by atoms with van der Waals surface area (Å²) in [6.07, 6.45) is 1.86. The fourth-order valence-electron chi connectivity index (χ4n) is 3.26. The van der Waals surface area contributed by atoms with E-state index in [2.05, 4.69) is 6.07 Å². The Hall–Kier alpha value is -2.50. The number of piperidine rings is 1. The summed E-state index contributed by atoms with van der Waals surface area (Å²) in [6, 6.07) is 7.79. The molecule has 0 spiro atoms. The SMILES string of the molecule is Cn1c(=S)cc(N2CCC[C@@H](N)C2)n(Cc2cc(F)ccc2C#N)c1=O. The number of halogens is 1. The van der Waals surface area contributed by atoms with Crippen molar-refractivity contribution < 1.29 is 4.39 Å². The van der Waals surface area contributed by atoms with Crippen molar-refractivity contribution in [2.45, 2.75) is 25.4 Å². The van der Waals surface area contributed by atoms with Crippen molar-refractivity contribution >= 4 is 18.0 Å². The maximum atomic E-state index is 13.7. The van der Waals surface area contributed by atoms with Gasteiger partial charge in [-0.2, -0.15) is 5.26 Å². The molecule has 136 valence electrons. The number of nitrogens with two attached hydrogens (primary N) is 1. The minimum absolute atomic E-state index is 0.0265. The zero-order valence-electron chi connectivity index (χ0n) is 14.5. The second-order valence-corrected chi connectivity index (χ2v) is 6.95. The van der Waals surface area contributed by atoms with E-state index in [1.807, 2.05) is 4.90 Å². The van der Waals surface area contributed by atoms with Gasteiger partial charge in [0.15, 0.2) is 0 Å². The smallest absolute Gasteiger partial charge is 0.330 e. The summed E-state index contributed by atoms with van der Waals surface area (Å²) in [5, 5.41) is 9.30. The Balaban J connectivity index is 2.13. The van der Waals surface area contributed by atoms with Gasteiger partial charge in [0.05, 0.1) is 18.2 Å². The van der Waals surface area contributed by atoms with Crippen molar-refractivity contribution in [2.75, 3.05) is 18.0 Å². The first-order valence-electron chi connectivity index (χ1n) is 8.40. The molecular weight excluding hydrogens is 353 g/mol. The maximum absolute atomic E-state index is 13.7. The zero-order valence-corrected chi connectivity index (χ0v) is 15.3. The molecule has 3 rings (SSSR count). The average Bonchev–Trinajstić information content (AvgIpc) is 2.62. The van der Waals surface area contributed by atoms with Gasteiger partial charge in [-0.1, -0.05) is 12.2 Å². The fraction of sp³-hybridized carbons (Fsp3) is 0.389. The van der Waals surface area contributed by atoms with E-state index in [-0.39, 0.29) is 18.3 Å². The number of anilines is 1. The molecule has 0 amide bonds. The van der Waals surface area contributed by atoms with Crippen LogP contribution in [0.4, 0.5) is 10.2 Å². The Labute approximate surface area is 155 Å². The second kappa shape index (κ2) is 7.40. The number of nitriles is 1. The van der Waals surface area contributed by atoms with Gasteiger partial charge in [-0.05, 0) is 36.6 Å². The molecule has 0 radical (unpaired) electrons. The molecule has 8 heteroatoms. The van der Waals surface area contributed by atoms with Crippen LogP contribution in [0.5, 0.6) is 0 Å². The van der Waals surface area contributed by atoms with E-state index in [1.165, 1.54) is 27.3 Å². The summed E-state index contributed by atoms with van der Waals surface area (Å²) in [7, 11) is 1.60. The molecule has 1 aromatic carbocycles. The van der Waals surface area contributed by atoms with Gasteiger partial charge in [-0.25, -0.2) is 9.18 Å². The van der Waals surface area contributed by atoms with Gasteiger partial charge in [0.2, 0.25) is 0 Å². The van der Waals surface area contributed by atoms with Crippen molar-refractivity contribution in [1.82, 2.24) is 9.13 Å². The minimum atomic E-state index is -0.446. The molecule has 1 saturated heterocycles. The molecule has 1 aliphatic heterocycles. The Morgan fingerprint density at radius 2 is 2.19 bits per heavy atom. The first kappa shape index (κ1) is 18.3. The molecule has 2 N–H and O–H groups in total. The van der Waals surface area contributed by atoms with Gasteiger partial charge in [0.25, 0.3) is 0 Å². The van der Waals surface area contributed by atoms with Crippen LogP contribution in [-0.2, 0) is 13.6 Å². The third-order valence-electron chi connectivity index (χ3n) is 4.68. The highest BCUT2D eigenvalue weighted by Gasteiger charge is 2.21. The second-order valence-electron chi connectivity index (χ2n) is 6.53. The van der Waals surface area contributed by atoms with Crippen molar-refractivity contribution in [3.05, 3.63) is 56.3 Å². The molecule has 1 fully saturated rings. The lowest BCUT2D eigenvalue weighted by Gasteiger charge is -2.34. The lowest BCUT2D eigenvalue weighted by Crippen LogP contribution is -2.45.